The minimum Gasteiger partial charge on any atom is -0.497 e. The number of carbonyl (C=O) groups is 2. The minimum absolute atomic E-state index is 0.176. The first-order chi connectivity index (χ1) is 13.7. The maximum absolute atomic E-state index is 12.3. The number of nitrogens with one attached hydrogen (secondary N) is 2. The molecule has 144 valence electrons. The van der Waals surface area contributed by atoms with E-state index in [1.165, 1.54) is 0 Å². The Kier molecular flexibility index (Phi) is 6.46. The number of carbonyl (C=O) groups excluding carboxylic acids is 2. The third-order valence-corrected chi connectivity index (χ3v) is 4.25. The van der Waals surface area contributed by atoms with E-state index < -0.39 is 0 Å². The van der Waals surface area contributed by atoms with Crippen molar-refractivity contribution in [3.63, 3.8) is 0 Å². The molecule has 0 saturated carbocycles. The topological polar surface area (TPSA) is 80.6 Å². The van der Waals surface area contributed by atoms with Crippen molar-refractivity contribution in [2.45, 2.75) is 13.0 Å². The van der Waals surface area contributed by atoms with E-state index in [2.05, 4.69) is 10.6 Å². The normalized spacial score (nSPS) is 10.3. The molecular weight excluding hydrogens is 356 g/mol. The molecule has 3 rings (SSSR count). The van der Waals surface area contributed by atoms with Crippen molar-refractivity contribution in [2.24, 2.45) is 0 Å². The fourth-order valence-electron chi connectivity index (χ4n) is 2.71. The van der Waals surface area contributed by atoms with Gasteiger partial charge in [0.1, 0.15) is 11.5 Å². The van der Waals surface area contributed by atoms with Crippen molar-refractivity contribution in [1.82, 2.24) is 10.6 Å². The lowest BCUT2D eigenvalue weighted by Crippen LogP contribution is -2.26. The Hall–Kier alpha value is -3.54. The summed E-state index contributed by atoms with van der Waals surface area (Å²) in [7, 11) is 1.63. The van der Waals surface area contributed by atoms with Gasteiger partial charge in [-0.25, -0.2) is 0 Å². The molecule has 0 spiro atoms. The molecule has 2 aromatic carbocycles. The second-order valence-electron chi connectivity index (χ2n) is 6.20. The lowest BCUT2D eigenvalue weighted by molar-refractivity contribution is 0.0939. The van der Waals surface area contributed by atoms with Crippen LogP contribution in [0, 0.1) is 0 Å². The van der Waals surface area contributed by atoms with Gasteiger partial charge < -0.3 is 19.8 Å². The fraction of sp³-hybridized carbons (Fsp3) is 0.182. The van der Waals surface area contributed by atoms with Gasteiger partial charge in [-0.3, -0.25) is 9.59 Å². The molecule has 0 saturated heterocycles. The summed E-state index contributed by atoms with van der Waals surface area (Å²) >= 11 is 0. The zero-order chi connectivity index (χ0) is 19.8. The summed E-state index contributed by atoms with van der Waals surface area (Å²) in [5.41, 5.74) is 2.08. The summed E-state index contributed by atoms with van der Waals surface area (Å²) < 4.78 is 10.4. The van der Waals surface area contributed by atoms with Gasteiger partial charge >= 0.3 is 0 Å². The second-order valence-corrected chi connectivity index (χ2v) is 6.20. The number of furan rings is 1. The number of ether oxygens (including phenoxy) is 1. The Bertz CT molecular complexity index is 918. The Morgan fingerprint density at radius 3 is 2.29 bits per heavy atom. The first-order valence-corrected chi connectivity index (χ1v) is 8.97. The highest BCUT2D eigenvalue weighted by atomic mass is 16.5. The summed E-state index contributed by atoms with van der Waals surface area (Å²) in [5, 5.41) is 5.65. The van der Waals surface area contributed by atoms with Gasteiger partial charge in [0.25, 0.3) is 11.8 Å². The zero-order valence-electron chi connectivity index (χ0n) is 15.6. The van der Waals surface area contributed by atoms with Crippen molar-refractivity contribution in [2.75, 3.05) is 13.7 Å². The molecule has 1 aromatic heterocycles. The molecule has 0 bridgehead atoms. The van der Waals surface area contributed by atoms with Crippen LogP contribution in [0.15, 0.2) is 71.3 Å². The van der Waals surface area contributed by atoms with E-state index in [0.717, 1.165) is 11.3 Å². The largest absolute Gasteiger partial charge is 0.497 e. The molecule has 0 fully saturated rings. The number of benzene rings is 2. The van der Waals surface area contributed by atoms with E-state index in [-0.39, 0.29) is 11.8 Å². The van der Waals surface area contributed by atoms with Crippen LogP contribution in [0.25, 0.3) is 0 Å². The summed E-state index contributed by atoms with van der Waals surface area (Å²) in [5.74, 6) is 1.08. The van der Waals surface area contributed by atoms with Crippen LogP contribution in [0.1, 0.15) is 32.0 Å². The fourth-order valence-corrected chi connectivity index (χ4v) is 2.71. The molecule has 0 aliphatic rings. The number of hydrogen-bond acceptors (Lipinski definition) is 4. The van der Waals surface area contributed by atoms with E-state index in [1.807, 2.05) is 24.3 Å². The number of methoxy groups -OCH3 is 1. The van der Waals surface area contributed by atoms with Gasteiger partial charge in [-0.1, -0.05) is 12.1 Å². The van der Waals surface area contributed by atoms with Gasteiger partial charge in [-0.2, -0.15) is 0 Å². The van der Waals surface area contributed by atoms with E-state index in [9.17, 15) is 9.59 Å². The molecular formula is C22H22N2O4. The molecule has 0 radical (unpaired) electrons. The van der Waals surface area contributed by atoms with Crippen molar-refractivity contribution in [1.29, 1.82) is 0 Å². The van der Waals surface area contributed by atoms with Crippen molar-refractivity contribution < 1.29 is 18.7 Å². The Morgan fingerprint density at radius 2 is 1.64 bits per heavy atom. The maximum atomic E-state index is 12.3. The molecule has 0 aliphatic carbocycles. The summed E-state index contributed by atoms with van der Waals surface area (Å²) in [6, 6.07) is 17.9. The average molecular weight is 378 g/mol. The van der Waals surface area contributed by atoms with Crippen LogP contribution in [0.3, 0.4) is 0 Å². The highest BCUT2D eigenvalue weighted by Gasteiger charge is 2.09. The zero-order valence-corrected chi connectivity index (χ0v) is 15.6. The second kappa shape index (κ2) is 9.41. The number of rotatable bonds is 8. The van der Waals surface area contributed by atoms with E-state index >= 15 is 0 Å². The molecule has 0 atom stereocenters. The molecule has 0 unspecified atom stereocenters. The SMILES string of the molecule is COc1cccc(CCNC(=O)c2ccc(C(=O)NCc3ccco3)cc2)c1. The summed E-state index contributed by atoms with van der Waals surface area (Å²) in [6.07, 6.45) is 2.26. The predicted molar refractivity (Wildman–Crippen MR) is 105 cm³/mol. The van der Waals surface area contributed by atoms with Gasteiger partial charge in [-0.15, -0.1) is 0 Å². The molecule has 2 amide bonds. The smallest absolute Gasteiger partial charge is 0.251 e. The van der Waals surface area contributed by atoms with Gasteiger partial charge in [-0.05, 0) is 60.5 Å². The van der Waals surface area contributed by atoms with E-state index in [1.54, 1.807) is 49.8 Å². The van der Waals surface area contributed by atoms with Crippen LogP contribution in [-0.2, 0) is 13.0 Å². The predicted octanol–water partition coefficient (Wildman–Crippen LogP) is 3.19. The highest BCUT2D eigenvalue weighted by molar-refractivity contribution is 5.97. The van der Waals surface area contributed by atoms with E-state index in [0.29, 0.717) is 36.4 Å². The van der Waals surface area contributed by atoms with Crippen LogP contribution in [0.2, 0.25) is 0 Å². The summed E-state index contributed by atoms with van der Waals surface area (Å²) in [6.45, 7) is 0.829. The third kappa shape index (κ3) is 5.23. The van der Waals surface area contributed by atoms with Crippen LogP contribution in [-0.4, -0.2) is 25.5 Å². The van der Waals surface area contributed by atoms with Crippen molar-refractivity contribution in [3.8, 4) is 5.75 Å². The van der Waals surface area contributed by atoms with Crippen LogP contribution in [0.4, 0.5) is 0 Å². The average Bonchev–Trinajstić information content (AvgIpc) is 3.26. The monoisotopic (exact) mass is 378 g/mol. The molecule has 6 heteroatoms. The molecule has 2 N–H and O–H groups in total. The molecule has 1 heterocycles. The lowest BCUT2D eigenvalue weighted by Gasteiger charge is -2.08. The Balaban J connectivity index is 1.48. The number of hydrogen-bond donors (Lipinski definition) is 2. The minimum atomic E-state index is -0.221. The maximum Gasteiger partial charge on any atom is 0.251 e. The third-order valence-electron chi connectivity index (χ3n) is 4.25. The Labute approximate surface area is 163 Å². The number of amides is 2. The Morgan fingerprint density at radius 1 is 0.929 bits per heavy atom. The molecule has 6 nitrogen and oxygen atoms in total. The first kappa shape index (κ1) is 19.2. The van der Waals surface area contributed by atoms with Crippen molar-refractivity contribution in [3.05, 3.63) is 89.4 Å². The quantitative estimate of drug-likeness (QED) is 0.631. The van der Waals surface area contributed by atoms with Gasteiger partial charge in [0.05, 0.1) is 19.9 Å². The van der Waals surface area contributed by atoms with E-state index in [4.69, 9.17) is 9.15 Å². The van der Waals surface area contributed by atoms with Gasteiger partial charge in [0.2, 0.25) is 0 Å². The van der Waals surface area contributed by atoms with Crippen molar-refractivity contribution >= 4 is 11.8 Å². The standard InChI is InChI=1S/C22H22N2O4/c1-27-19-5-2-4-16(14-19)11-12-23-21(25)17-7-9-18(10-8-17)22(26)24-15-20-6-3-13-28-20/h2-10,13-14H,11-12,15H2,1H3,(H,23,25)(H,24,26). The molecule has 28 heavy (non-hydrogen) atoms. The van der Waals surface area contributed by atoms with Crippen LogP contribution >= 0.6 is 0 Å². The van der Waals surface area contributed by atoms with Crippen LogP contribution in [0.5, 0.6) is 5.75 Å². The molecule has 0 aliphatic heterocycles. The lowest BCUT2D eigenvalue weighted by atomic mass is 10.1. The highest BCUT2D eigenvalue weighted by Crippen LogP contribution is 2.12. The van der Waals surface area contributed by atoms with Gasteiger partial charge in [0.15, 0.2) is 0 Å². The van der Waals surface area contributed by atoms with Gasteiger partial charge in [0, 0.05) is 17.7 Å². The summed E-state index contributed by atoms with van der Waals surface area (Å²) in [4.78, 5) is 24.4. The van der Waals surface area contributed by atoms with Crippen LogP contribution < -0.4 is 15.4 Å². The molecule has 3 aromatic rings. The first-order valence-electron chi connectivity index (χ1n) is 8.97.